The Morgan fingerprint density at radius 3 is 2.40 bits per heavy atom. The van der Waals surface area contributed by atoms with Crippen molar-refractivity contribution in [1.29, 1.82) is 0 Å². The lowest BCUT2D eigenvalue weighted by atomic mass is 10.3. The second-order valence-electron chi connectivity index (χ2n) is 6.15. The number of ether oxygens (including phenoxy) is 1. The molecule has 7 nitrogen and oxygen atoms in total. The van der Waals surface area contributed by atoms with Gasteiger partial charge in [0.15, 0.2) is 9.84 Å². The van der Waals surface area contributed by atoms with Gasteiger partial charge in [-0.05, 0) is 54.6 Å². The number of methoxy groups -OCH3 is 1. The van der Waals surface area contributed by atoms with E-state index in [1.807, 2.05) is 0 Å². The number of rotatable bonds is 8. The molecule has 160 valence electrons. The molecule has 0 saturated heterocycles. The van der Waals surface area contributed by atoms with E-state index >= 15 is 0 Å². The highest BCUT2D eigenvalue weighted by Crippen LogP contribution is 2.31. The minimum Gasteiger partial charge on any atom is -0.495 e. The van der Waals surface area contributed by atoms with Crippen LogP contribution in [0.5, 0.6) is 5.75 Å². The van der Waals surface area contributed by atoms with Gasteiger partial charge in [-0.25, -0.2) is 25.9 Å². The monoisotopic (exact) mass is 473 g/mol. The summed E-state index contributed by atoms with van der Waals surface area (Å²) in [7, 11) is -7.12. The molecule has 1 heterocycles. The van der Waals surface area contributed by atoms with Crippen LogP contribution in [-0.4, -0.2) is 30.5 Å². The summed E-state index contributed by atoms with van der Waals surface area (Å²) in [5.74, 6) is -0.828. The average Bonchev–Trinajstić information content (AvgIpc) is 3.22. The first-order chi connectivity index (χ1) is 14.1. The molecule has 1 N–H and O–H groups in total. The van der Waals surface area contributed by atoms with Crippen LogP contribution in [0.3, 0.4) is 0 Å². The topological polar surface area (TPSA) is 103 Å². The summed E-state index contributed by atoms with van der Waals surface area (Å²) < 4.78 is 77.8. The number of sulfonamides is 1. The summed E-state index contributed by atoms with van der Waals surface area (Å²) in [6, 6.07) is 11.4. The summed E-state index contributed by atoms with van der Waals surface area (Å²) >= 11 is 5.82. The Bertz CT molecular complexity index is 1230. The lowest BCUT2D eigenvalue weighted by molar-refractivity contribution is 0.400. The molecule has 30 heavy (non-hydrogen) atoms. The fourth-order valence-electron chi connectivity index (χ4n) is 2.75. The van der Waals surface area contributed by atoms with Gasteiger partial charge in [0.2, 0.25) is 10.0 Å². The number of hydrogen-bond acceptors (Lipinski definition) is 6. The molecule has 0 spiro atoms. The maximum Gasteiger partial charge on any atom is 0.244 e. The van der Waals surface area contributed by atoms with Crippen molar-refractivity contribution in [3.63, 3.8) is 0 Å². The van der Waals surface area contributed by atoms with Gasteiger partial charge in [-0.15, -0.1) is 0 Å². The zero-order chi connectivity index (χ0) is 21.9. The number of hydrogen-bond donors (Lipinski definition) is 1. The summed E-state index contributed by atoms with van der Waals surface area (Å²) in [5.41, 5.74) is 0. The van der Waals surface area contributed by atoms with Crippen molar-refractivity contribution in [2.75, 3.05) is 13.7 Å². The first-order valence-electron chi connectivity index (χ1n) is 8.51. The SMILES string of the molecule is COc1ccc(F)cc1S(=O)(=O)NC[C@H](c1ccco1)S(=O)(=O)c1ccc(Cl)cc1. The highest BCUT2D eigenvalue weighted by Gasteiger charge is 2.33. The Hall–Kier alpha value is -2.40. The molecule has 0 aliphatic rings. The van der Waals surface area contributed by atoms with Gasteiger partial charge in [-0.2, -0.15) is 0 Å². The Kier molecular flexibility index (Phi) is 6.51. The average molecular weight is 474 g/mol. The highest BCUT2D eigenvalue weighted by molar-refractivity contribution is 7.92. The van der Waals surface area contributed by atoms with Crippen LogP contribution in [0.2, 0.25) is 5.02 Å². The molecule has 3 aromatic rings. The largest absolute Gasteiger partial charge is 0.495 e. The van der Waals surface area contributed by atoms with Gasteiger partial charge in [-0.3, -0.25) is 0 Å². The predicted molar refractivity (Wildman–Crippen MR) is 108 cm³/mol. The Labute approximate surface area is 178 Å². The number of furan rings is 1. The molecule has 3 rings (SSSR count). The van der Waals surface area contributed by atoms with Crippen molar-refractivity contribution < 1.29 is 30.4 Å². The molecule has 0 radical (unpaired) electrons. The summed E-state index contributed by atoms with van der Waals surface area (Å²) in [4.78, 5) is -0.511. The molecular weight excluding hydrogens is 457 g/mol. The maximum atomic E-state index is 13.6. The molecule has 1 atom stereocenters. The lowest BCUT2D eigenvalue weighted by Gasteiger charge is -2.17. The minimum absolute atomic E-state index is 0.0406. The van der Waals surface area contributed by atoms with Crippen LogP contribution in [0.15, 0.2) is 75.1 Å². The quantitative estimate of drug-likeness (QED) is 0.536. The van der Waals surface area contributed by atoms with Gasteiger partial charge in [0.05, 0.1) is 18.3 Å². The first kappa shape index (κ1) is 22.3. The third kappa shape index (κ3) is 4.67. The van der Waals surface area contributed by atoms with E-state index in [0.717, 1.165) is 12.1 Å². The predicted octanol–water partition coefficient (Wildman–Crippen LogP) is 3.57. The number of sulfone groups is 1. The van der Waals surface area contributed by atoms with Crippen LogP contribution in [0, 0.1) is 5.82 Å². The molecule has 0 aliphatic heterocycles. The van der Waals surface area contributed by atoms with E-state index in [2.05, 4.69) is 4.72 Å². The van der Waals surface area contributed by atoms with E-state index in [0.29, 0.717) is 5.02 Å². The third-order valence-corrected chi connectivity index (χ3v) is 8.03. The molecule has 0 fully saturated rings. The summed E-state index contributed by atoms with van der Waals surface area (Å²) in [6.45, 7) is -0.555. The summed E-state index contributed by atoms with van der Waals surface area (Å²) in [6.07, 6.45) is 1.28. The third-order valence-electron chi connectivity index (χ3n) is 4.25. The van der Waals surface area contributed by atoms with Crippen LogP contribution in [0.4, 0.5) is 4.39 Å². The minimum atomic E-state index is -4.30. The fraction of sp³-hybridized carbons (Fsp3) is 0.158. The molecule has 0 amide bonds. The molecule has 0 unspecified atom stereocenters. The highest BCUT2D eigenvalue weighted by atomic mass is 35.5. The Morgan fingerprint density at radius 2 is 1.80 bits per heavy atom. The van der Waals surface area contributed by atoms with E-state index in [1.165, 1.54) is 55.8 Å². The van der Waals surface area contributed by atoms with Crippen molar-refractivity contribution in [3.8, 4) is 5.75 Å². The van der Waals surface area contributed by atoms with Crippen molar-refractivity contribution in [3.05, 3.63) is 77.5 Å². The molecule has 2 aromatic carbocycles. The normalized spacial score (nSPS) is 13.2. The van der Waals surface area contributed by atoms with Crippen LogP contribution in [-0.2, 0) is 19.9 Å². The van der Waals surface area contributed by atoms with Crippen LogP contribution in [0.25, 0.3) is 0 Å². The van der Waals surface area contributed by atoms with Crippen LogP contribution < -0.4 is 9.46 Å². The van der Waals surface area contributed by atoms with E-state index in [4.69, 9.17) is 20.8 Å². The lowest BCUT2D eigenvalue weighted by Crippen LogP contribution is -2.32. The van der Waals surface area contributed by atoms with E-state index in [1.54, 1.807) is 0 Å². The van der Waals surface area contributed by atoms with Crippen molar-refractivity contribution >= 4 is 31.5 Å². The molecule has 0 aliphatic carbocycles. The molecular formula is C19H17ClFNO6S2. The standard InChI is InChI=1S/C19H17ClFNO6S2/c1-27-16-9-6-14(21)11-18(16)30(25,26)22-12-19(17-3-2-10-28-17)29(23,24)15-7-4-13(20)5-8-15/h2-11,19,22H,12H2,1H3/t19-/m1/s1. The molecule has 0 bridgehead atoms. The van der Waals surface area contributed by atoms with Gasteiger partial charge in [0, 0.05) is 11.6 Å². The van der Waals surface area contributed by atoms with Crippen molar-refractivity contribution in [2.24, 2.45) is 0 Å². The first-order valence-corrected chi connectivity index (χ1v) is 11.9. The van der Waals surface area contributed by atoms with E-state index in [-0.39, 0.29) is 16.4 Å². The summed E-state index contributed by atoms with van der Waals surface area (Å²) in [5, 5.41) is -1.02. The number of benzene rings is 2. The second-order valence-corrected chi connectivity index (χ2v) is 10.5. The van der Waals surface area contributed by atoms with Crippen molar-refractivity contribution in [1.82, 2.24) is 4.72 Å². The number of halogens is 2. The van der Waals surface area contributed by atoms with Crippen LogP contribution in [0.1, 0.15) is 11.0 Å². The van der Waals surface area contributed by atoms with E-state index < -0.39 is 42.4 Å². The zero-order valence-electron chi connectivity index (χ0n) is 15.6. The van der Waals surface area contributed by atoms with Gasteiger partial charge in [0.25, 0.3) is 0 Å². The molecule has 11 heteroatoms. The molecule has 0 saturated carbocycles. The maximum absolute atomic E-state index is 13.6. The van der Waals surface area contributed by atoms with Gasteiger partial charge in [0.1, 0.15) is 27.5 Å². The second kappa shape index (κ2) is 8.76. The zero-order valence-corrected chi connectivity index (χ0v) is 18.0. The van der Waals surface area contributed by atoms with Gasteiger partial charge < -0.3 is 9.15 Å². The van der Waals surface area contributed by atoms with Crippen LogP contribution >= 0.6 is 11.6 Å². The van der Waals surface area contributed by atoms with Gasteiger partial charge >= 0.3 is 0 Å². The Morgan fingerprint density at radius 1 is 1.10 bits per heavy atom. The number of nitrogens with one attached hydrogen (secondary N) is 1. The van der Waals surface area contributed by atoms with Crippen molar-refractivity contribution in [2.45, 2.75) is 15.0 Å². The van der Waals surface area contributed by atoms with Gasteiger partial charge in [-0.1, -0.05) is 11.6 Å². The smallest absolute Gasteiger partial charge is 0.244 e. The molecule has 1 aromatic heterocycles. The van der Waals surface area contributed by atoms with E-state index in [9.17, 15) is 21.2 Å². The Balaban J connectivity index is 1.96. The fourth-order valence-corrected chi connectivity index (χ4v) is 5.79.